The average molecular weight is 219 g/mol. The van der Waals surface area contributed by atoms with Gasteiger partial charge in [-0.2, -0.15) is 0 Å². The van der Waals surface area contributed by atoms with Gasteiger partial charge >= 0.3 is 5.97 Å². The van der Waals surface area contributed by atoms with Gasteiger partial charge < -0.3 is 15.1 Å². The third-order valence-electron chi connectivity index (χ3n) is 2.59. The molecule has 5 nitrogen and oxygen atoms in total. The first-order valence-corrected chi connectivity index (χ1v) is 4.94. The van der Waals surface area contributed by atoms with Crippen molar-refractivity contribution in [3.63, 3.8) is 0 Å². The number of carbonyl (C=O) groups is 1. The van der Waals surface area contributed by atoms with E-state index in [0.717, 1.165) is 11.4 Å². The van der Waals surface area contributed by atoms with Crippen molar-refractivity contribution in [2.24, 2.45) is 0 Å². The van der Waals surface area contributed by atoms with Gasteiger partial charge in [0, 0.05) is 6.20 Å². The lowest BCUT2D eigenvalue weighted by Gasteiger charge is -2.15. The Bertz CT molecular complexity index is 497. The third kappa shape index (κ3) is 1.60. The summed E-state index contributed by atoms with van der Waals surface area (Å²) < 4.78 is 0. The molecule has 2 aromatic heterocycles. The molecular formula is C11H13N3O2. The number of hydrogen-bond acceptors (Lipinski definition) is 2. The number of imidazole rings is 1. The first-order chi connectivity index (χ1) is 7.51. The van der Waals surface area contributed by atoms with Gasteiger partial charge in [0.2, 0.25) is 0 Å². The minimum Gasteiger partial charge on any atom is -0.481 e. The molecule has 0 aromatic carbocycles. The topological polar surface area (TPSA) is 81.8 Å². The molecule has 0 aliphatic rings. The molecule has 0 bridgehead atoms. The summed E-state index contributed by atoms with van der Waals surface area (Å²) in [6, 6.07) is 3.77. The number of nitrogens with one attached hydrogen (secondary N) is 2. The van der Waals surface area contributed by atoms with Crippen LogP contribution in [0.5, 0.6) is 0 Å². The van der Waals surface area contributed by atoms with E-state index in [1.165, 1.54) is 0 Å². The van der Waals surface area contributed by atoms with Gasteiger partial charge in [-0.15, -0.1) is 0 Å². The highest BCUT2D eigenvalue weighted by Gasteiger charge is 2.32. The predicted octanol–water partition coefficient (Wildman–Crippen LogP) is 1.77. The zero-order chi connectivity index (χ0) is 11.8. The molecule has 0 amide bonds. The average Bonchev–Trinajstić information content (AvgIpc) is 2.88. The minimum absolute atomic E-state index is 0.449. The number of aromatic nitrogens is 3. The molecule has 2 heterocycles. The lowest BCUT2D eigenvalue weighted by Crippen LogP contribution is -2.29. The monoisotopic (exact) mass is 219 g/mol. The second kappa shape index (κ2) is 3.52. The van der Waals surface area contributed by atoms with Gasteiger partial charge in [-0.05, 0) is 26.0 Å². The maximum Gasteiger partial charge on any atom is 0.316 e. The maximum absolute atomic E-state index is 11.0. The molecule has 2 aromatic rings. The number of aromatic amines is 2. The van der Waals surface area contributed by atoms with E-state index >= 15 is 0 Å². The summed E-state index contributed by atoms with van der Waals surface area (Å²) in [6.45, 7) is 3.24. The Labute approximate surface area is 92.5 Å². The molecule has 5 heteroatoms. The largest absolute Gasteiger partial charge is 0.481 e. The molecule has 0 radical (unpaired) electrons. The SMILES string of the molecule is CC(C)(C(=O)O)c1ncc(-c2ccc[nH]2)[nH]1. The zero-order valence-electron chi connectivity index (χ0n) is 9.11. The normalized spacial score (nSPS) is 11.6. The standard InChI is InChI=1S/C11H13N3O2/c1-11(2,10(15)16)9-13-6-8(14-9)7-4-3-5-12-7/h3-6,12H,1-2H3,(H,13,14)(H,15,16). The van der Waals surface area contributed by atoms with E-state index in [-0.39, 0.29) is 0 Å². The first kappa shape index (κ1) is 10.5. The van der Waals surface area contributed by atoms with Crippen molar-refractivity contribution in [1.82, 2.24) is 15.0 Å². The van der Waals surface area contributed by atoms with E-state index in [2.05, 4.69) is 15.0 Å². The smallest absolute Gasteiger partial charge is 0.316 e. The van der Waals surface area contributed by atoms with Crippen molar-refractivity contribution < 1.29 is 9.90 Å². The molecule has 0 saturated carbocycles. The third-order valence-corrected chi connectivity index (χ3v) is 2.59. The fourth-order valence-corrected chi connectivity index (χ4v) is 1.37. The summed E-state index contributed by atoms with van der Waals surface area (Å²) in [5.74, 6) is -0.454. The molecule has 0 saturated heterocycles. The van der Waals surface area contributed by atoms with E-state index < -0.39 is 11.4 Å². The lowest BCUT2D eigenvalue weighted by molar-refractivity contribution is -0.142. The summed E-state index contributed by atoms with van der Waals surface area (Å²) >= 11 is 0. The molecule has 0 aliphatic carbocycles. The van der Waals surface area contributed by atoms with Gasteiger partial charge in [0.05, 0.1) is 17.6 Å². The van der Waals surface area contributed by atoms with Gasteiger partial charge in [0.1, 0.15) is 11.2 Å². The number of rotatable bonds is 3. The number of carboxylic acid groups (broad SMARTS) is 1. The molecule has 3 N–H and O–H groups in total. The fraction of sp³-hybridized carbons (Fsp3) is 0.273. The molecule has 0 aliphatic heterocycles. The van der Waals surface area contributed by atoms with E-state index in [4.69, 9.17) is 5.11 Å². The van der Waals surface area contributed by atoms with Crippen molar-refractivity contribution in [3.05, 3.63) is 30.4 Å². The van der Waals surface area contributed by atoms with Crippen LogP contribution < -0.4 is 0 Å². The minimum atomic E-state index is -1.01. The van der Waals surface area contributed by atoms with Gasteiger partial charge in [0.15, 0.2) is 0 Å². The van der Waals surface area contributed by atoms with Gasteiger partial charge in [-0.3, -0.25) is 4.79 Å². The van der Waals surface area contributed by atoms with E-state index in [9.17, 15) is 4.79 Å². The van der Waals surface area contributed by atoms with Crippen LogP contribution in [0.2, 0.25) is 0 Å². The molecule has 0 fully saturated rings. The fourth-order valence-electron chi connectivity index (χ4n) is 1.37. The highest BCUT2D eigenvalue weighted by Crippen LogP contribution is 2.23. The van der Waals surface area contributed by atoms with Crippen LogP contribution >= 0.6 is 0 Å². The van der Waals surface area contributed by atoms with Crippen LogP contribution in [0.3, 0.4) is 0 Å². The van der Waals surface area contributed by atoms with Gasteiger partial charge in [-0.1, -0.05) is 0 Å². The predicted molar refractivity (Wildman–Crippen MR) is 59.0 cm³/mol. The lowest BCUT2D eigenvalue weighted by atomic mass is 9.93. The van der Waals surface area contributed by atoms with Crippen LogP contribution in [-0.2, 0) is 10.2 Å². The first-order valence-electron chi connectivity index (χ1n) is 4.94. The number of carboxylic acids is 1. The Morgan fingerprint density at radius 2 is 2.19 bits per heavy atom. The van der Waals surface area contributed by atoms with Crippen LogP contribution in [0.4, 0.5) is 0 Å². The number of nitrogens with zero attached hydrogens (tertiary/aromatic N) is 1. The van der Waals surface area contributed by atoms with Crippen LogP contribution in [-0.4, -0.2) is 26.0 Å². The molecule has 84 valence electrons. The highest BCUT2D eigenvalue weighted by atomic mass is 16.4. The Morgan fingerprint density at radius 1 is 1.44 bits per heavy atom. The van der Waals surface area contributed by atoms with Crippen molar-refractivity contribution in [1.29, 1.82) is 0 Å². The van der Waals surface area contributed by atoms with E-state index in [1.54, 1.807) is 26.2 Å². The number of aliphatic carboxylic acids is 1. The second-order valence-electron chi connectivity index (χ2n) is 4.16. The molecule has 0 spiro atoms. The maximum atomic E-state index is 11.0. The molecule has 16 heavy (non-hydrogen) atoms. The summed E-state index contributed by atoms with van der Waals surface area (Å²) in [6.07, 6.45) is 3.43. The van der Waals surface area contributed by atoms with Crippen molar-refractivity contribution in [2.75, 3.05) is 0 Å². The zero-order valence-corrected chi connectivity index (χ0v) is 9.11. The van der Waals surface area contributed by atoms with Crippen LogP contribution in [0.15, 0.2) is 24.5 Å². The molecule has 0 unspecified atom stereocenters. The summed E-state index contributed by atoms with van der Waals surface area (Å²) in [5.41, 5.74) is 0.666. The van der Waals surface area contributed by atoms with E-state index in [0.29, 0.717) is 5.82 Å². The number of hydrogen-bond donors (Lipinski definition) is 3. The quantitative estimate of drug-likeness (QED) is 0.735. The second-order valence-corrected chi connectivity index (χ2v) is 4.16. The van der Waals surface area contributed by atoms with E-state index in [1.807, 2.05) is 12.1 Å². The summed E-state index contributed by atoms with van der Waals surface area (Å²) in [4.78, 5) is 21.2. The Balaban J connectivity index is 2.37. The van der Waals surface area contributed by atoms with Crippen molar-refractivity contribution in [3.8, 4) is 11.4 Å². The van der Waals surface area contributed by atoms with Gasteiger partial charge in [0.25, 0.3) is 0 Å². The van der Waals surface area contributed by atoms with Crippen LogP contribution in [0, 0.1) is 0 Å². The van der Waals surface area contributed by atoms with Crippen molar-refractivity contribution >= 4 is 5.97 Å². The Hall–Kier alpha value is -2.04. The van der Waals surface area contributed by atoms with Gasteiger partial charge in [-0.25, -0.2) is 4.98 Å². The Morgan fingerprint density at radius 3 is 2.75 bits per heavy atom. The molecule has 0 atom stereocenters. The number of H-pyrrole nitrogens is 2. The highest BCUT2D eigenvalue weighted by molar-refractivity contribution is 5.79. The van der Waals surface area contributed by atoms with Crippen molar-refractivity contribution in [2.45, 2.75) is 19.3 Å². The van der Waals surface area contributed by atoms with Crippen LogP contribution in [0.25, 0.3) is 11.4 Å². The molecular weight excluding hydrogens is 206 g/mol. The molecule has 2 rings (SSSR count). The Kier molecular flexibility index (Phi) is 2.30. The summed E-state index contributed by atoms with van der Waals surface area (Å²) in [5, 5.41) is 9.07. The van der Waals surface area contributed by atoms with Crippen LogP contribution in [0.1, 0.15) is 19.7 Å². The summed E-state index contributed by atoms with van der Waals surface area (Å²) in [7, 11) is 0.